The van der Waals surface area contributed by atoms with E-state index >= 15 is 0 Å². The lowest BCUT2D eigenvalue weighted by atomic mass is 10.0. The van der Waals surface area contributed by atoms with Crippen molar-refractivity contribution in [2.24, 2.45) is 0 Å². The van der Waals surface area contributed by atoms with Crippen molar-refractivity contribution in [3.63, 3.8) is 0 Å². The number of allylic oxidation sites excluding steroid dienone is 1. The molecule has 1 fully saturated rings. The van der Waals surface area contributed by atoms with Crippen LogP contribution >= 0.6 is 0 Å². The monoisotopic (exact) mass is 312 g/mol. The van der Waals surface area contributed by atoms with Gasteiger partial charge in [-0.2, -0.15) is 13.2 Å². The van der Waals surface area contributed by atoms with Crippen LogP contribution in [0.2, 0.25) is 0 Å². The number of carbonyl (C=O) groups is 2. The van der Waals surface area contributed by atoms with Crippen LogP contribution in [-0.2, 0) is 9.59 Å². The highest BCUT2D eigenvalue weighted by Crippen LogP contribution is 2.33. The zero-order valence-corrected chi connectivity index (χ0v) is 11.6. The molecule has 0 spiro atoms. The topological polar surface area (TPSA) is 58.2 Å². The highest BCUT2D eigenvalue weighted by Gasteiger charge is 2.35. The van der Waals surface area contributed by atoms with Gasteiger partial charge in [-0.15, -0.1) is 0 Å². The smallest absolute Gasteiger partial charge is 0.354 e. The second kappa shape index (κ2) is 6.64. The number of nitrogens with one attached hydrogen (secondary N) is 2. The summed E-state index contributed by atoms with van der Waals surface area (Å²) in [5, 5.41) is 5.04. The van der Waals surface area contributed by atoms with E-state index in [0.29, 0.717) is 12.5 Å². The molecule has 1 aromatic rings. The van der Waals surface area contributed by atoms with Gasteiger partial charge in [0.2, 0.25) is 11.8 Å². The normalized spacial score (nSPS) is 19.5. The molecule has 7 heteroatoms. The second-order valence-electron chi connectivity index (χ2n) is 4.97. The summed E-state index contributed by atoms with van der Waals surface area (Å²) in [6, 6.07) is 6.79. The summed E-state index contributed by atoms with van der Waals surface area (Å²) in [7, 11) is 0. The maximum Gasteiger partial charge on any atom is 0.417 e. The van der Waals surface area contributed by atoms with Crippen molar-refractivity contribution in [2.75, 3.05) is 6.54 Å². The third-order valence-corrected chi connectivity index (χ3v) is 3.28. The third-order valence-electron chi connectivity index (χ3n) is 3.28. The molecule has 0 bridgehead atoms. The van der Waals surface area contributed by atoms with Crippen molar-refractivity contribution >= 4 is 17.4 Å². The number of benzene rings is 1. The molecule has 1 atom stereocenters. The summed E-state index contributed by atoms with van der Waals surface area (Å²) in [4.78, 5) is 22.8. The van der Waals surface area contributed by atoms with Gasteiger partial charge in [-0.3, -0.25) is 9.59 Å². The van der Waals surface area contributed by atoms with Gasteiger partial charge in [0.1, 0.15) is 0 Å². The fraction of sp³-hybridized carbons (Fsp3) is 0.333. The van der Waals surface area contributed by atoms with E-state index in [4.69, 9.17) is 0 Å². The van der Waals surface area contributed by atoms with E-state index < -0.39 is 17.7 Å². The summed E-state index contributed by atoms with van der Waals surface area (Å²) in [5.74, 6) is -0.946. The van der Waals surface area contributed by atoms with Crippen molar-refractivity contribution in [3.8, 4) is 0 Å². The van der Waals surface area contributed by atoms with Gasteiger partial charge in [-0.25, -0.2) is 0 Å². The number of piperidine rings is 1. The van der Waals surface area contributed by atoms with Crippen LogP contribution in [0.1, 0.15) is 18.4 Å². The van der Waals surface area contributed by atoms with Gasteiger partial charge in [-0.05, 0) is 12.0 Å². The van der Waals surface area contributed by atoms with Crippen LogP contribution < -0.4 is 10.6 Å². The highest BCUT2D eigenvalue weighted by molar-refractivity contribution is 5.96. The molecular formula is C15H15F3N2O2. The number of hydrogen-bond donors (Lipinski definition) is 2. The van der Waals surface area contributed by atoms with Crippen molar-refractivity contribution in [1.29, 1.82) is 0 Å². The quantitative estimate of drug-likeness (QED) is 0.839. The molecule has 22 heavy (non-hydrogen) atoms. The summed E-state index contributed by atoms with van der Waals surface area (Å²) in [6.45, 7) is 0.227. The summed E-state index contributed by atoms with van der Waals surface area (Å²) < 4.78 is 39.3. The zero-order valence-electron chi connectivity index (χ0n) is 11.6. The highest BCUT2D eigenvalue weighted by atomic mass is 19.4. The van der Waals surface area contributed by atoms with Gasteiger partial charge in [-0.1, -0.05) is 30.3 Å². The Balaban J connectivity index is 2.12. The number of amides is 2. The van der Waals surface area contributed by atoms with Crippen LogP contribution in [-0.4, -0.2) is 30.6 Å². The molecule has 118 valence electrons. The van der Waals surface area contributed by atoms with Crippen LogP contribution in [0, 0.1) is 0 Å². The van der Waals surface area contributed by atoms with Crippen molar-refractivity contribution in [1.82, 2.24) is 10.6 Å². The van der Waals surface area contributed by atoms with Crippen LogP contribution in [0.3, 0.4) is 0 Å². The van der Waals surface area contributed by atoms with Crippen LogP contribution in [0.4, 0.5) is 13.2 Å². The summed E-state index contributed by atoms with van der Waals surface area (Å²) in [5.41, 5.74) is -1.06. The van der Waals surface area contributed by atoms with E-state index in [2.05, 4.69) is 10.6 Å². The van der Waals surface area contributed by atoms with Crippen molar-refractivity contribution in [2.45, 2.75) is 25.1 Å². The van der Waals surface area contributed by atoms with E-state index in [1.165, 1.54) is 24.3 Å². The Kier molecular flexibility index (Phi) is 4.85. The second-order valence-corrected chi connectivity index (χ2v) is 4.97. The van der Waals surface area contributed by atoms with Gasteiger partial charge in [0, 0.05) is 25.1 Å². The molecule has 1 aliphatic heterocycles. The molecule has 1 saturated heterocycles. The maximum absolute atomic E-state index is 13.1. The Morgan fingerprint density at radius 1 is 1.27 bits per heavy atom. The Hall–Kier alpha value is -2.31. The Labute approximate surface area is 125 Å². The molecule has 2 amide bonds. The van der Waals surface area contributed by atoms with Gasteiger partial charge >= 0.3 is 6.18 Å². The summed E-state index contributed by atoms with van der Waals surface area (Å²) >= 11 is 0. The van der Waals surface area contributed by atoms with E-state index in [0.717, 1.165) is 0 Å². The van der Waals surface area contributed by atoms with Crippen molar-refractivity contribution in [3.05, 3.63) is 42.0 Å². The van der Waals surface area contributed by atoms with Gasteiger partial charge in [0.05, 0.1) is 5.57 Å². The predicted molar refractivity (Wildman–Crippen MR) is 74.6 cm³/mol. The van der Waals surface area contributed by atoms with E-state index in [1.54, 1.807) is 6.07 Å². The number of rotatable bonds is 3. The average Bonchev–Trinajstić information content (AvgIpc) is 2.47. The Morgan fingerprint density at radius 2 is 1.95 bits per heavy atom. The molecule has 4 nitrogen and oxygen atoms in total. The molecule has 1 heterocycles. The average molecular weight is 312 g/mol. The first kappa shape index (κ1) is 16.1. The largest absolute Gasteiger partial charge is 0.417 e. The molecular weight excluding hydrogens is 297 g/mol. The molecule has 2 N–H and O–H groups in total. The van der Waals surface area contributed by atoms with Crippen LogP contribution in [0.15, 0.2) is 36.4 Å². The van der Waals surface area contributed by atoms with Crippen LogP contribution in [0.5, 0.6) is 0 Å². The molecule has 0 radical (unpaired) electrons. The van der Waals surface area contributed by atoms with Gasteiger partial charge < -0.3 is 10.6 Å². The maximum atomic E-state index is 13.1. The fourth-order valence-electron chi connectivity index (χ4n) is 2.18. The number of hydrogen-bond acceptors (Lipinski definition) is 2. The summed E-state index contributed by atoms with van der Waals surface area (Å²) in [6.07, 6.45) is -3.40. The van der Waals surface area contributed by atoms with Gasteiger partial charge in [0.15, 0.2) is 0 Å². The molecule has 1 aliphatic rings. The van der Waals surface area contributed by atoms with E-state index in [-0.39, 0.29) is 30.5 Å². The molecule has 0 saturated carbocycles. The number of carbonyl (C=O) groups excluding carboxylic acids is 2. The first-order chi connectivity index (χ1) is 10.4. The Bertz CT molecular complexity index is 572. The van der Waals surface area contributed by atoms with Crippen LogP contribution in [0.25, 0.3) is 5.57 Å². The minimum atomic E-state index is -4.63. The Morgan fingerprint density at radius 3 is 2.50 bits per heavy atom. The lowest BCUT2D eigenvalue weighted by molar-refractivity contribution is -0.124. The third kappa shape index (κ3) is 4.34. The predicted octanol–water partition coefficient (Wildman–Crippen LogP) is 2.03. The lowest BCUT2D eigenvalue weighted by Gasteiger charge is -2.23. The standard InChI is InChI=1S/C15H15F3N2O2/c16-15(17,18)12(10-4-2-1-3-5-10)8-14(22)20-11-6-7-13(21)19-9-11/h1-5,8,11H,6-7,9H2,(H,19,21)(H,20,22)/b12-8-/t11-/m0/s1. The number of halogens is 3. The SMILES string of the molecule is O=C(/C=C(/c1ccccc1)C(F)(F)F)N[C@H]1CCC(=O)NC1. The molecule has 2 rings (SSSR count). The lowest BCUT2D eigenvalue weighted by Crippen LogP contribution is -2.47. The molecule has 1 aromatic carbocycles. The molecule has 0 aliphatic carbocycles. The van der Waals surface area contributed by atoms with E-state index in [1.807, 2.05) is 0 Å². The first-order valence-corrected chi connectivity index (χ1v) is 6.78. The van der Waals surface area contributed by atoms with E-state index in [9.17, 15) is 22.8 Å². The minimum absolute atomic E-state index is 0.0675. The fourth-order valence-corrected chi connectivity index (χ4v) is 2.18. The molecule has 0 unspecified atom stereocenters. The zero-order chi connectivity index (χ0) is 16.2. The number of alkyl halides is 3. The van der Waals surface area contributed by atoms with Gasteiger partial charge in [0.25, 0.3) is 0 Å². The molecule has 0 aromatic heterocycles. The minimum Gasteiger partial charge on any atom is -0.354 e. The first-order valence-electron chi connectivity index (χ1n) is 6.78. The van der Waals surface area contributed by atoms with Crippen molar-refractivity contribution < 1.29 is 22.8 Å².